The van der Waals surface area contributed by atoms with Gasteiger partial charge in [-0.25, -0.2) is 4.79 Å². The Balaban J connectivity index is 1.77. The van der Waals surface area contributed by atoms with Gasteiger partial charge in [0.15, 0.2) is 6.10 Å². The fourth-order valence-corrected chi connectivity index (χ4v) is 2.36. The highest BCUT2D eigenvalue weighted by atomic mass is 16.6. The number of carbonyl (C=O) groups is 1. The second-order valence-electron chi connectivity index (χ2n) is 4.17. The zero-order chi connectivity index (χ0) is 9.97. The molecule has 1 heterocycles. The minimum Gasteiger partial charge on any atom is -0.464 e. The fourth-order valence-electron chi connectivity index (χ4n) is 2.36. The standard InChI is InChI=1S/C11H18O3/c1-2-13-11(12)10-9(14-10)8-6-4-3-5-7-8/h8-10H,2-7H2,1H3/t9-,10+/m1/s1. The molecule has 0 aromatic heterocycles. The Hall–Kier alpha value is -0.570. The molecule has 2 fully saturated rings. The molecule has 1 saturated heterocycles. The summed E-state index contributed by atoms with van der Waals surface area (Å²) in [7, 11) is 0. The second-order valence-corrected chi connectivity index (χ2v) is 4.17. The first-order valence-electron chi connectivity index (χ1n) is 5.65. The average molecular weight is 198 g/mol. The van der Waals surface area contributed by atoms with Crippen LogP contribution >= 0.6 is 0 Å². The minimum absolute atomic E-state index is 0.164. The molecule has 0 N–H and O–H groups in total. The van der Waals surface area contributed by atoms with Gasteiger partial charge in [0.2, 0.25) is 0 Å². The summed E-state index contributed by atoms with van der Waals surface area (Å²) in [5, 5.41) is 0. The molecule has 2 aliphatic rings. The lowest BCUT2D eigenvalue weighted by Crippen LogP contribution is -2.20. The highest BCUT2D eigenvalue weighted by molar-refractivity contribution is 5.78. The Labute approximate surface area is 84.8 Å². The van der Waals surface area contributed by atoms with Gasteiger partial charge in [0.05, 0.1) is 12.7 Å². The van der Waals surface area contributed by atoms with E-state index in [-0.39, 0.29) is 18.2 Å². The number of hydrogen-bond acceptors (Lipinski definition) is 3. The van der Waals surface area contributed by atoms with Crippen molar-refractivity contribution in [3.8, 4) is 0 Å². The van der Waals surface area contributed by atoms with E-state index in [1.165, 1.54) is 32.1 Å². The van der Waals surface area contributed by atoms with E-state index >= 15 is 0 Å². The molecule has 0 bridgehead atoms. The first-order chi connectivity index (χ1) is 6.83. The van der Waals surface area contributed by atoms with Crippen molar-refractivity contribution in [2.45, 2.75) is 51.2 Å². The number of ether oxygens (including phenoxy) is 2. The van der Waals surface area contributed by atoms with E-state index in [2.05, 4.69) is 0 Å². The van der Waals surface area contributed by atoms with Crippen molar-refractivity contribution in [3.05, 3.63) is 0 Å². The van der Waals surface area contributed by atoms with Gasteiger partial charge < -0.3 is 9.47 Å². The summed E-state index contributed by atoms with van der Waals surface area (Å²) in [6, 6.07) is 0. The summed E-state index contributed by atoms with van der Waals surface area (Å²) in [6.07, 6.45) is 6.31. The molecule has 1 saturated carbocycles. The molecule has 2 rings (SSSR count). The van der Waals surface area contributed by atoms with Gasteiger partial charge in [-0.15, -0.1) is 0 Å². The molecule has 3 nitrogen and oxygen atoms in total. The van der Waals surface area contributed by atoms with Crippen LogP contribution in [0.5, 0.6) is 0 Å². The summed E-state index contributed by atoms with van der Waals surface area (Å²) in [4.78, 5) is 11.3. The fraction of sp³-hybridized carbons (Fsp3) is 0.909. The van der Waals surface area contributed by atoms with Crippen LogP contribution < -0.4 is 0 Å². The van der Waals surface area contributed by atoms with Gasteiger partial charge >= 0.3 is 5.97 Å². The molecule has 1 aliphatic heterocycles. The first-order valence-corrected chi connectivity index (χ1v) is 5.65. The van der Waals surface area contributed by atoms with Gasteiger partial charge in [0, 0.05) is 0 Å². The highest BCUT2D eigenvalue weighted by Crippen LogP contribution is 2.38. The van der Waals surface area contributed by atoms with Crippen LogP contribution in [0.25, 0.3) is 0 Å². The van der Waals surface area contributed by atoms with Gasteiger partial charge in [-0.2, -0.15) is 0 Å². The normalized spacial score (nSPS) is 32.6. The topological polar surface area (TPSA) is 38.8 Å². The van der Waals surface area contributed by atoms with Crippen LogP contribution in [0.3, 0.4) is 0 Å². The maximum absolute atomic E-state index is 11.3. The predicted octanol–water partition coefficient (Wildman–Crippen LogP) is 1.90. The van der Waals surface area contributed by atoms with E-state index in [1.54, 1.807) is 0 Å². The summed E-state index contributed by atoms with van der Waals surface area (Å²) in [5.41, 5.74) is 0. The summed E-state index contributed by atoms with van der Waals surface area (Å²) in [6.45, 7) is 2.28. The lowest BCUT2D eigenvalue weighted by Gasteiger charge is -2.19. The maximum atomic E-state index is 11.3. The monoisotopic (exact) mass is 198 g/mol. The summed E-state index contributed by atoms with van der Waals surface area (Å²) < 4.78 is 10.3. The summed E-state index contributed by atoms with van der Waals surface area (Å²) >= 11 is 0. The molecule has 0 radical (unpaired) electrons. The van der Waals surface area contributed by atoms with Gasteiger partial charge in [-0.3, -0.25) is 0 Å². The van der Waals surface area contributed by atoms with Gasteiger partial charge in [0.1, 0.15) is 0 Å². The molecule has 0 amide bonds. The Bertz CT molecular complexity index is 209. The number of esters is 1. The van der Waals surface area contributed by atoms with Crippen molar-refractivity contribution in [2.75, 3.05) is 6.61 Å². The lowest BCUT2D eigenvalue weighted by molar-refractivity contribution is -0.144. The number of carbonyl (C=O) groups excluding carboxylic acids is 1. The SMILES string of the molecule is CCOC(=O)[C@H]1O[C@@H]1C1CCCCC1. The first kappa shape index (κ1) is 9.97. The lowest BCUT2D eigenvalue weighted by atomic mass is 9.86. The van der Waals surface area contributed by atoms with Gasteiger partial charge in [0.25, 0.3) is 0 Å². The van der Waals surface area contributed by atoms with Crippen LogP contribution in [-0.2, 0) is 14.3 Å². The largest absolute Gasteiger partial charge is 0.464 e. The van der Waals surface area contributed by atoms with Crippen molar-refractivity contribution in [1.29, 1.82) is 0 Å². The van der Waals surface area contributed by atoms with Crippen LogP contribution in [0, 0.1) is 5.92 Å². The zero-order valence-corrected chi connectivity index (χ0v) is 8.70. The highest BCUT2D eigenvalue weighted by Gasteiger charge is 2.50. The van der Waals surface area contributed by atoms with E-state index in [0.717, 1.165) is 0 Å². The van der Waals surface area contributed by atoms with E-state index in [1.807, 2.05) is 6.92 Å². The number of epoxide rings is 1. The Morgan fingerprint density at radius 2 is 2.07 bits per heavy atom. The zero-order valence-electron chi connectivity index (χ0n) is 8.70. The maximum Gasteiger partial charge on any atom is 0.338 e. The molecule has 3 heteroatoms. The van der Waals surface area contributed by atoms with Crippen molar-refractivity contribution >= 4 is 5.97 Å². The van der Waals surface area contributed by atoms with E-state index in [4.69, 9.17) is 9.47 Å². The smallest absolute Gasteiger partial charge is 0.338 e. The third kappa shape index (κ3) is 2.08. The van der Waals surface area contributed by atoms with Crippen LogP contribution in [0.15, 0.2) is 0 Å². The molecule has 0 spiro atoms. The van der Waals surface area contributed by atoms with E-state index in [9.17, 15) is 4.79 Å². The quantitative estimate of drug-likeness (QED) is 0.513. The third-order valence-corrected chi connectivity index (χ3v) is 3.16. The average Bonchev–Trinajstić information content (AvgIpc) is 2.99. The molecule has 0 aromatic rings. The van der Waals surface area contributed by atoms with E-state index < -0.39 is 0 Å². The summed E-state index contributed by atoms with van der Waals surface area (Å²) in [5.74, 6) is 0.446. The van der Waals surface area contributed by atoms with E-state index in [0.29, 0.717) is 12.5 Å². The molecule has 1 aliphatic carbocycles. The second kappa shape index (κ2) is 4.30. The Morgan fingerprint density at radius 3 is 2.71 bits per heavy atom. The van der Waals surface area contributed by atoms with Crippen LogP contribution in [-0.4, -0.2) is 24.8 Å². The molecule has 80 valence electrons. The molecular formula is C11H18O3. The molecule has 0 unspecified atom stereocenters. The number of hydrogen-bond donors (Lipinski definition) is 0. The molecule has 14 heavy (non-hydrogen) atoms. The molecule has 0 aromatic carbocycles. The minimum atomic E-state index is -0.238. The predicted molar refractivity (Wildman–Crippen MR) is 51.9 cm³/mol. The van der Waals surface area contributed by atoms with Crippen LogP contribution in [0.4, 0.5) is 0 Å². The van der Waals surface area contributed by atoms with Gasteiger partial charge in [-0.05, 0) is 25.7 Å². The van der Waals surface area contributed by atoms with Crippen LogP contribution in [0.1, 0.15) is 39.0 Å². The Kier molecular flexibility index (Phi) is 3.06. The Morgan fingerprint density at radius 1 is 1.36 bits per heavy atom. The van der Waals surface area contributed by atoms with Crippen molar-refractivity contribution < 1.29 is 14.3 Å². The van der Waals surface area contributed by atoms with Crippen LogP contribution in [0.2, 0.25) is 0 Å². The van der Waals surface area contributed by atoms with Crippen molar-refractivity contribution in [2.24, 2.45) is 5.92 Å². The van der Waals surface area contributed by atoms with Gasteiger partial charge in [-0.1, -0.05) is 19.3 Å². The molecule has 2 atom stereocenters. The van der Waals surface area contributed by atoms with Crippen molar-refractivity contribution in [3.63, 3.8) is 0 Å². The molecular weight excluding hydrogens is 180 g/mol. The van der Waals surface area contributed by atoms with Crippen molar-refractivity contribution in [1.82, 2.24) is 0 Å². The third-order valence-electron chi connectivity index (χ3n) is 3.16. The number of rotatable bonds is 3.